The Morgan fingerprint density at radius 1 is 1.28 bits per heavy atom. The largest absolute Gasteiger partial charge is 0.352 e. The number of benzene rings is 1. The molecular formula is C17H25N7O. The van der Waals surface area contributed by atoms with Gasteiger partial charge in [-0.05, 0) is 41.6 Å². The molecule has 134 valence electrons. The molecule has 1 aliphatic rings. The monoisotopic (exact) mass is 343 g/mol. The summed E-state index contributed by atoms with van der Waals surface area (Å²) < 4.78 is 1.53. The molecule has 0 radical (unpaired) electrons. The molecule has 3 rings (SSSR count). The van der Waals surface area contributed by atoms with Gasteiger partial charge in [0.15, 0.2) is 0 Å². The molecule has 8 nitrogen and oxygen atoms in total. The van der Waals surface area contributed by atoms with Crippen LogP contribution in [0, 0.1) is 5.92 Å². The molecule has 25 heavy (non-hydrogen) atoms. The van der Waals surface area contributed by atoms with Crippen molar-refractivity contribution in [3.8, 4) is 5.69 Å². The van der Waals surface area contributed by atoms with Crippen molar-refractivity contribution in [1.29, 1.82) is 0 Å². The molecule has 1 aromatic carbocycles. The predicted octanol–water partition coefficient (Wildman–Crippen LogP) is 0.276. The van der Waals surface area contributed by atoms with Gasteiger partial charge in [-0.2, -0.15) is 0 Å². The summed E-state index contributed by atoms with van der Waals surface area (Å²) >= 11 is 0. The molecule has 1 aromatic heterocycles. The highest BCUT2D eigenvalue weighted by Gasteiger charge is 2.16. The Balaban J connectivity index is 1.50. The second kappa shape index (κ2) is 8.17. The maximum absolute atomic E-state index is 12.4. The molecule has 2 aromatic rings. The van der Waals surface area contributed by atoms with E-state index in [1.807, 2.05) is 12.1 Å². The van der Waals surface area contributed by atoms with Gasteiger partial charge in [0.2, 0.25) is 0 Å². The Labute approximate surface area is 147 Å². The van der Waals surface area contributed by atoms with Crippen LogP contribution in [0.1, 0.15) is 17.3 Å². The molecule has 0 aliphatic carbocycles. The van der Waals surface area contributed by atoms with Crippen LogP contribution in [0.2, 0.25) is 0 Å². The summed E-state index contributed by atoms with van der Waals surface area (Å²) in [5, 5.41) is 14.1. The zero-order valence-electron chi connectivity index (χ0n) is 14.8. The third-order valence-corrected chi connectivity index (χ3v) is 4.50. The first-order valence-corrected chi connectivity index (χ1v) is 8.64. The zero-order valence-corrected chi connectivity index (χ0v) is 14.8. The van der Waals surface area contributed by atoms with Crippen LogP contribution in [0.3, 0.4) is 0 Å². The first-order valence-electron chi connectivity index (χ1n) is 8.64. The van der Waals surface area contributed by atoms with Crippen LogP contribution in [-0.4, -0.2) is 82.2 Å². The third kappa shape index (κ3) is 4.83. The Bertz CT molecular complexity index is 680. The number of nitrogens with zero attached hydrogens (tertiary/aromatic N) is 6. The van der Waals surface area contributed by atoms with Gasteiger partial charge in [-0.3, -0.25) is 4.79 Å². The lowest BCUT2D eigenvalue weighted by molar-refractivity contribution is 0.0937. The Hall–Kier alpha value is -2.32. The fourth-order valence-corrected chi connectivity index (χ4v) is 2.97. The van der Waals surface area contributed by atoms with E-state index in [1.165, 1.54) is 11.0 Å². The van der Waals surface area contributed by atoms with E-state index in [0.717, 1.165) is 38.4 Å². The highest BCUT2D eigenvalue weighted by Crippen LogP contribution is 2.09. The van der Waals surface area contributed by atoms with Crippen LogP contribution in [0.25, 0.3) is 5.69 Å². The van der Waals surface area contributed by atoms with E-state index in [1.54, 1.807) is 12.1 Å². The minimum Gasteiger partial charge on any atom is -0.352 e. The molecule has 0 bridgehead atoms. The van der Waals surface area contributed by atoms with Crippen molar-refractivity contribution >= 4 is 5.91 Å². The standard InChI is InChI=1S/C17H25N7O/c1-14(12-23-8-6-22(2)7-9-23)11-18-17(25)15-4-3-5-16(10-15)24-13-19-20-21-24/h3-5,10,13-14H,6-9,11-12H2,1-2H3,(H,18,25)/t14-/m0/s1. The van der Waals surface area contributed by atoms with Gasteiger partial charge in [0.1, 0.15) is 6.33 Å². The number of likely N-dealkylation sites (N-methyl/N-ethyl adjacent to an activating group) is 1. The second-order valence-electron chi connectivity index (χ2n) is 6.72. The third-order valence-electron chi connectivity index (χ3n) is 4.50. The summed E-state index contributed by atoms with van der Waals surface area (Å²) in [5.41, 5.74) is 1.38. The molecule has 8 heteroatoms. The molecule has 1 saturated heterocycles. The molecule has 1 aliphatic heterocycles. The van der Waals surface area contributed by atoms with Crippen LogP contribution in [0.4, 0.5) is 0 Å². The van der Waals surface area contributed by atoms with Gasteiger partial charge in [0.25, 0.3) is 5.91 Å². The number of amides is 1. The number of nitrogens with one attached hydrogen (secondary N) is 1. The van der Waals surface area contributed by atoms with Gasteiger partial charge in [-0.15, -0.1) is 5.10 Å². The molecule has 0 saturated carbocycles. The Kier molecular flexibility index (Phi) is 5.72. The van der Waals surface area contributed by atoms with E-state index in [4.69, 9.17) is 0 Å². The van der Waals surface area contributed by atoms with Crippen molar-refractivity contribution < 1.29 is 4.79 Å². The fraction of sp³-hybridized carbons (Fsp3) is 0.529. The number of carbonyl (C=O) groups is 1. The number of carbonyl (C=O) groups excluding carboxylic acids is 1. The first kappa shape index (κ1) is 17.5. The van der Waals surface area contributed by atoms with Crippen molar-refractivity contribution in [2.45, 2.75) is 6.92 Å². The van der Waals surface area contributed by atoms with Crippen LogP contribution >= 0.6 is 0 Å². The number of tetrazole rings is 1. The van der Waals surface area contributed by atoms with E-state index in [9.17, 15) is 4.79 Å². The molecule has 2 heterocycles. The molecule has 1 fully saturated rings. The fourth-order valence-electron chi connectivity index (χ4n) is 2.97. The molecule has 0 unspecified atom stereocenters. The highest BCUT2D eigenvalue weighted by atomic mass is 16.1. The molecule has 0 spiro atoms. The van der Waals surface area contributed by atoms with Crippen LogP contribution in [0.15, 0.2) is 30.6 Å². The van der Waals surface area contributed by atoms with Crippen molar-refractivity contribution in [2.24, 2.45) is 5.92 Å². The minimum absolute atomic E-state index is 0.0693. The van der Waals surface area contributed by atoms with Gasteiger partial charge in [-0.1, -0.05) is 13.0 Å². The summed E-state index contributed by atoms with van der Waals surface area (Å²) in [6.45, 7) is 8.28. The minimum atomic E-state index is -0.0693. The second-order valence-corrected chi connectivity index (χ2v) is 6.72. The SMILES string of the molecule is C[C@@H](CNC(=O)c1cccc(-n2cnnn2)c1)CN1CCN(C)CC1. The normalized spacial score (nSPS) is 17.4. The predicted molar refractivity (Wildman–Crippen MR) is 94.6 cm³/mol. The van der Waals surface area contributed by atoms with E-state index >= 15 is 0 Å². The lowest BCUT2D eigenvalue weighted by Crippen LogP contribution is -2.46. The van der Waals surface area contributed by atoms with E-state index in [-0.39, 0.29) is 5.91 Å². The van der Waals surface area contributed by atoms with Gasteiger partial charge in [0, 0.05) is 44.8 Å². The van der Waals surface area contributed by atoms with Gasteiger partial charge < -0.3 is 15.1 Å². The van der Waals surface area contributed by atoms with Gasteiger partial charge in [0.05, 0.1) is 5.69 Å². The zero-order chi connectivity index (χ0) is 17.6. The maximum atomic E-state index is 12.4. The van der Waals surface area contributed by atoms with E-state index in [2.05, 4.69) is 44.6 Å². The number of rotatable bonds is 6. The van der Waals surface area contributed by atoms with Crippen molar-refractivity contribution in [1.82, 2.24) is 35.3 Å². The average molecular weight is 343 g/mol. The van der Waals surface area contributed by atoms with Crippen LogP contribution in [-0.2, 0) is 0 Å². The van der Waals surface area contributed by atoms with Crippen molar-refractivity contribution in [2.75, 3.05) is 46.3 Å². The number of hydrogen-bond donors (Lipinski definition) is 1. The maximum Gasteiger partial charge on any atom is 0.251 e. The van der Waals surface area contributed by atoms with Crippen molar-refractivity contribution in [3.63, 3.8) is 0 Å². The first-order chi connectivity index (χ1) is 12.1. The van der Waals surface area contributed by atoms with Gasteiger partial charge in [-0.25, -0.2) is 4.68 Å². The van der Waals surface area contributed by atoms with Crippen molar-refractivity contribution in [3.05, 3.63) is 36.2 Å². The van der Waals surface area contributed by atoms with Gasteiger partial charge >= 0.3 is 0 Å². The highest BCUT2D eigenvalue weighted by molar-refractivity contribution is 5.94. The summed E-state index contributed by atoms with van der Waals surface area (Å²) in [6.07, 6.45) is 1.51. The molecule has 1 N–H and O–H groups in total. The summed E-state index contributed by atoms with van der Waals surface area (Å²) in [6, 6.07) is 7.29. The summed E-state index contributed by atoms with van der Waals surface area (Å²) in [5.74, 6) is 0.343. The topological polar surface area (TPSA) is 79.2 Å². The number of aromatic nitrogens is 4. The summed E-state index contributed by atoms with van der Waals surface area (Å²) in [7, 11) is 2.16. The number of hydrogen-bond acceptors (Lipinski definition) is 6. The number of piperazine rings is 1. The average Bonchev–Trinajstić information content (AvgIpc) is 3.16. The Morgan fingerprint density at radius 2 is 2.08 bits per heavy atom. The molecule has 1 atom stereocenters. The van der Waals surface area contributed by atoms with Crippen LogP contribution in [0.5, 0.6) is 0 Å². The van der Waals surface area contributed by atoms with E-state index < -0.39 is 0 Å². The summed E-state index contributed by atoms with van der Waals surface area (Å²) in [4.78, 5) is 17.2. The quantitative estimate of drug-likeness (QED) is 0.811. The molecule has 1 amide bonds. The Morgan fingerprint density at radius 3 is 2.80 bits per heavy atom. The lowest BCUT2D eigenvalue weighted by atomic mass is 10.1. The van der Waals surface area contributed by atoms with E-state index in [0.29, 0.717) is 18.0 Å². The smallest absolute Gasteiger partial charge is 0.251 e. The van der Waals surface area contributed by atoms with Crippen LogP contribution < -0.4 is 5.32 Å². The molecular weight excluding hydrogens is 318 g/mol. The lowest BCUT2D eigenvalue weighted by Gasteiger charge is -2.33.